The summed E-state index contributed by atoms with van der Waals surface area (Å²) in [4.78, 5) is 28.6. The lowest BCUT2D eigenvalue weighted by molar-refractivity contribution is -0.149. The van der Waals surface area contributed by atoms with Crippen LogP contribution in [-0.2, 0) is 14.3 Å². The van der Waals surface area contributed by atoms with Crippen LogP contribution >= 0.6 is 0 Å². The molecule has 192 valence electrons. The molecule has 0 amide bonds. The van der Waals surface area contributed by atoms with Crippen molar-refractivity contribution in [3.05, 3.63) is 72.1 Å². The highest BCUT2D eigenvalue weighted by molar-refractivity contribution is 6.03. The highest BCUT2D eigenvalue weighted by atomic mass is 16.7. The third-order valence-corrected chi connectivity index (χ3v) is 5.86. The predicted octanol–water partition coefficient (Wildman–Crippen LogP) is 4.26. The van der Waals surface area contributed by atoms with Crippen LogP contribution in [-0.4, -0.2) is 55.5 Å². The maximum Gasteiger partial charge on any atom is 0.343 e. The molecule has 11 heteroatoms. The van der Waals surface area contributed by atoms with Gasteiger partial charge in [0.1, 0.15) is 11.6 Å². The van der Waals surface area contributed by atoms with Crippen molar-refractivity contribution in [2.45, 2.75) is 20.8 Å². The van der Waals surface area contributed by atoms with Gasteiger partial charge in [0.25, 0.3) is 0 Å². The van der Waals surface area contributed by atoms with Crippen LogP contribution in [0.3, 0.4) is 0 Å². The van der Waals surface area contributed by atoms with Crippen LogP contribution in [0.1, 0.15) is 30.0 Å². The molecular weight excluding hydrogens is 488 g/mol. The maximum absolute atomic E-state index is 12.9. The maximum atomic E-state index is 12.9. The summed E-state index contributed by atoms with van der Waals surface area (Å²) in [5.74, 6) is 0.681. The van der Waals surface area contributed by atoms with Crippen LogP contribution in [0.2, 0.25) is 0 Å². The van der Waals surface area contributed by atoms with Gasteiger partial charge in [0.05, 0.1) is 28.9 Å². The van der Waals surface area contributed by atoms with Crippen molar-refractivity contribution in [2.24, 2.45) is 0 Å². The predicted molar refractivity (Wildman–Crippen MR) is 138 cm³/mol. The Morgan fingerprint density at radius 1 is 0.974 bits per heavy atom. The van der Waals surface area contributed by atoms with Gasteiger partial charge in [-0.2, -0.15) is 0 Å². The van der Waals surface area contributed by atoms with E-state index in [4.69, 9.17) is 14.2 Å². The first kappa shape index (κ1) is 24.6. The first-order chi connectivity index (χ1) is 18.5. The average molecular weight is 513 g/mol. The summed E-state index contributed by atoms with van der Waals surface area (Å²) >= 11 is 0. The SMILES string of the molecule is CCOc1cc(-n2c(C)nc3cccc(C(=O)OCOC(C)=O)c32)ccc1-c1ccccc1-c1nnn[nH]1. The lowest BCUT2D eigenvalue weighted by Gasteiger charge is -2.16. The summed E-state index contributed by atoms with van der Waals surface area (Å²) in [5.41, 5.74) is 4.80. The number of nitrogens with zero attached hydrogens (tertiary/aromatic N) is 5. The van der Waals surface area contributed by atoms with Crippen LogP contribution in [0.4, 0.5) is 0 Å². The molecule has 0 bridgehead atoms. The summed E-state index contributed by atoms with van der Waals surface area (Å²) in [6.45, 7) is 4.99. The third kappa shape index (κ3) is 4.69. The number of H-pyrrole nitrogens is 1. The summed E-state index contributed by atoms with van der Waals surface area (Å²) in [7, 11) is 0. The number of rotatable bonds is 8. The second-order valence-electron chi connectivity index (χ2n) is 8.26. The van der Waals surface area contributed by atoms with Crippen LogP contribution in [0, 0.1) is 6.92 Å². The number of hydrogen-bond donors (Lipinski definition) is 1. The molecule has 0 spiro atoms. The van der Waals surface area contributed by atoms with E-state index in [-0.39, 0.29) is 0 Å². The molecular formula is C27H24N6O5. The molecule has 2 aromatic heterocycles. The smallest absolute Gasteiger partial charge is 0.343 e. The van der Waals surface area contributed by atoms with Gasteiger partial charge in [-0.05, 0) is 54.1 Å². The van der Waals surface area contributed by atoms with Crippen molar-refractivity contribution in [1.29, 1.82) is 0 Å². The molecule has 2 heterocycles. The minimum Gasteiger partial charge on any atom is -0.493 e. The fraction of sp³-hybridized carbons (Fsp3) is 0.185. The molecule has 0 saturated heterocycles. The van der Waals surface area contributed by atoms with Gasteiger partial charge >= 0.3 is 11.9 Å². The lowest BCUT2D eigenvalue weighted by atomic mass is 9.98. The van der Waals surface area contributed by atoms with E-state index in [0.29, 0.717) is 40.6 Å². The highest BCUT2D eigenvalue weighted by Gasteiger charge is 2.21. The monoisotopic (exact) mass is 512 g/mol. The summed E-state index contributed by atoms with van der Waals surface area (Å²) in [6, 6.07) is 18.8. The molecule has 1 N–H and O–H groups in total. The number of carbonyl (C=O) groups excluding carboxylic acids is 2. The summed E-state index contributed by atoms with van der Waals surface area (Å²) in [5, 5.41) is 14.3. The minimum atomic E-state index is -0.630. The number of aromatic amines is 1. The number of nitrogens with one attached hydrogen (secondary N) is 1. The van der Waals surface area contributed by atoms with Crippen molar-refractivity contribution >= 4 is 23.0 Å². The van der Waals surface area contributed by atoms with Crippen LogP contribution in [0.5, 0.6) is 5.75 Å². The summed E-state index contributed by atoms with van der Waals surface area (Å²) in [6.07, 6.45) is 0. The standard InChI is InChI=1S/C27H24N6O5/c1-4-36-24-14-18(12-13-20(24)19-8-5-6-9-21(19)26-29-31-32-30-26)33-16(2)28-23-11-7-10-22(25(23)33)27(35)38-15-37-17(3)34/h5-14H,4,15H2,1-3H3,(H,29,30,31,32). The Morgan fingerprint density at radius 3 is 2.53 bits per heavy atom. The molecule has 0 unspecified atom stereocenters. The van der Waals surface area contributed by atoms with Gasteiger partial charge in [0, 0.05) is 24.1 Å². The molecule has 5 rings (SSSR count). The van der Waals surface area contributed by atoms with Crippen LogP contribution < -0.4 is 4.74 Å². The van der Waals surface area contributed by atoms with Crippen molar-refractivity contribution in [2.75, 3.05) is 13.4 Å². The Balaban J connectivity index is 1.62. The molecule has 0 aliphatic heterocycles. The zero-order valence-corrected chi connectivity index (χ0v) is 21.0. The Morgan fingerprint density at radius 2 is 1.79 bits per heavy atom. The zero-order valence-electron chi connectivity index (χ0n) is 21.0. The Hall–Kier alpha value is -5.06. The van der Waals surface area contributed by atoms with Gasteiger partial charge in [-0.25, -0.2) is 14.9 Å². The molecule has 0 atom stereocenters. The van der Waals surface area contributed by atoms with E-state index in [2.05, 4.69) is 25.6 Å². The van der Waals surface area contributed by atoms with Crippen LogP contribution in [0.15, 0.2) is 60.7 Å². The topological polar surface area (TPSA) is 134 Å². The lowest BCUT2D eigenvalue weighted by Crippen LogP contribution is -2.12. The van der Waals surface area contributed by atoms with E-state index in [9.17, 15) is 9.59 Å². The summed E-state index contributed by atoms with van der Waals surface area (Å²) < 4.78 is 17.9. The minimum absolute atomic E-state index is 0.292. The third-order valence-electron chi connectivity index (χ3n) is 5.86. The van der Waals surface area contributed by atoms with Gasteiger partial charge in [0.15, 0.2) is 5.82 Å². The van der Waals surface area contributed by atoms with E-state index < -0.39 is 18.7 Å². The number of carbonyl (C=O) groups is 2. The average Bonchev–Trinajstić information content (AvgIpc) is 3.56. The first-order valence-corrected chi connectivity index (χ1v) is 11.9. The second-order valence-corrected chi connectivity index (χ2v) is 8.26. The van der Waals surface area contributed by atoms with Crippen LogP contribution in [0.25, 0.3) is 39.2 Å². The molecule has 0 saturated carbocycles. The number of hydrogen-bond acceptors (Lipinski definition) is 9. The molecule has 0 radical (unpaired) electrons. The molecule has 38 heavy (non-hydrogen) atoms. The van der Waals surface area contributed by atoms with Gasteiger partial charge < -0.3 is 14.2 Å². The van der Waals surface area contributed by atoms with Gasteiger partial charge in [-0.3, -0.25) is 9.36 Å². The van der Waals surface area contributed by atoms with E-state index in [1.54, 1.807) is 12.1 Å². The fourth-order valence-electron chi connectivity index (χ4n) is 4.31. The molecule has 11 nitrogen and oxygen atoms in total. The Labute approximate surface area is 217 Å². The second kappa shape index (κ2) is 10.5. The molecule has 0 fully saturated rings. The number of fused-ring (bicyclic) bond motifs is 1. The normalized spacial score (nSPS) is 10.9. The fourth-order valence-corrected chi connectivity index (χ4v) is 4.31. The Bertz CT molecular complexity index is 1630. The largest absolute Gasteiger partial charge is 0.493 e. The molecule has 0 aliphatic rings. The number of tetrazole rings is 1. The number of ether oxygens (including phenoxy) is 3. The highest BCUT2D eigenvalue weighted by Crippen LogP contribution is 2.38. The number of benzene rings is 3. The van der Waals surface area contributed by atoms with Crippen molar-refractivity contribution in [3.63, 3.8) is 0 Å². The molecule has 3 aromatic carbocycles. The Kier molecular flexibility index (Phi) is 6.81. The number of aromatic nitrogens is 6. The quantitative estimate of drug-likeness (QED) is 0.239. The van der Waals surface area contributed by atoms with Gasteiger partial charge in [0.2, 0.25) is 6.79 Å². The van der Waals surface area contributed by atoms with Gasteiger partial charge in [-0.15, -0.1) is 5.10 Å². The molecule has 0 aliphatic carbocycles. The van der Waals surface area contributed by atoms with E-state index >= 15 is 0 Å². The number of imidazole rings is 1. The van der Waals surface area contributed by atoms with Crippen molar-refractivity contribution < 1.29 is 23.8 Å². The van der Waals surface area contributed by atoms with E-state index in [1.807, 2.05) is 66.9 Å². The first-order valence-electron chi connectivity index (χ1n) is 11.9. The van der Waals surface area contributed by atoms with Crippen molar-refractivity contribution in [1.82, 2.24) is 30.2 Å². The number of esters is 2. The van der Waals surface area contributed by atoms with E-state index in [0.717, 1.165) is 22.4 Å². The number of aryl methyl sites for hydroxylation is 1. The number of para-hydroxylation sites is 1. The molecule has 5 aromatic rings. The van der Waals surface area contributed by atoms with Gasteiger partial charge in [-0.1, -0.05) is 30.3 Å². The van der Waals surface area contributed by atoms with E-state index in [1.165, 1.54) is 6.92 Å². The zero-order chi connectivity index (χ0) is 26.6. The van der Waals surface area contributed by atoms with Crippen molar-refractivity contribution in [3.8, 4) is 34.0 Å².